The molecule has 0 aliphatic carbocycles. The molecule has 3 aromatic rings. The Morgan fingerprint density at radius 1 is 1.16 bits per heavy atom. The maximum absolute atomic E-state index is 13.0. The van der Waals surface area contributed by atoms with E-state index in [9.17, 15) is 18.0 Å². The van der Waals surface area contributed by atoms with E-state index in [2.05, 4.69) is 15.4 Å². The number of carbonyl (C=O) groups excluding carboxylic acids is 1. The zero-order valence-corrected chi connectivity index (χ0v) is 17.3. The van der Waals surface area contributed by atoms with Crippen LogP contribution in [0.4, 0.5) is 13.2 Å². The molecule has 11 heteroatoms. The molecule has 0 unspecified atom stereocenters. The molecule has 0 bridgehead atoms. The van der Waals surface area contributed by atoms with Crippen LogP contribution in [0.25, 0.3) is 5.69 Å². The summed E-state index contributed by atoms with van der Waals surface area (Å²) in [5.74, 6) is 0.00607. The minimum absolute atomic E-state index is 0.0580. The molecule has 0 saturated carbocycles. The molecule has 2 heterocycles. The Morgan fingerprint density at radius 3 is 2.62 bits per heavy atom. The van der Waals surface area contributed by atoms with Gasteiger partial charge in [-0.25, -0.2) is 9.67 Å². The molecule has 0 spiro atoms. The Balaban J connectivity index is 1.69. The van der Waals surface area contributed by atoms with Crippen LogP contribution in [0.2, 0.25) is 0 Å². The van der Waals surface area contributed by atoms with Crippen LogP contribution in [-0.2, 0) is 17.5 Å². The normalized spacial score (nSPS) is 11.3. The van der Waals surface area contributed by atoms with E-state index in [1.54, 1.807) is 25.4 Å². The Bertz CT molecular complexity index is 1050. The lowest BCUT2D eigenvalue weighted by atomic mass is 10.2. The highest BCUT2D eigenvalue weighted by molar-refractivity contribution is 5.94. The van der Waals surface area contributed by atoms with Crippen molar-refractivity contribution in [2.24, 2.45) is 0 Å². The molecule has 32 heavy (non-hydrogen) atoms. The maximum Gasteiger partial charge on any atom is 0.416 e. The summed E-state index contributed by atoms with van der Waals surface area (Å²) in [5, 5.41) is 6.79. The highest BCUT2D eigenvalue weighted by atomic mass is 19.4. The van der Waals surface area contributed by atoms with Crippen LogP contribution in [0.1, 0.15) is 21.6 Å². The van der Waals surface area contributed by atoms with Crippen molar-refractivity contribution in [3.8, 4) is 17.3 Å². The molecule has 1 amide bonds. The lowest BCUT2D eigenvalue weighted by Crippen LogP contribution is -2.24. The van der Waals surface area contributed by atoms with Crippen LogP contribution in [0, 0.1) is 0 Å². The number of carbonyl (C=O) groups is 1. The maximum atomic E-state index is 13.0. The summed E-state index contributed by atoms with van der Waals surface area (Å²) in [4.78, 5) is 16.7. The van der Waals surface area contributed by atoms with Gasteiger partial charge in [0, 0.05) is 25.9 Å². The summed E-state index contributed by atoms with van der Waals surface area (Å²) >= 11 is 0. The molecule has 1 aromatic carbocycles. The molecule has 8 nitrogen and oxygen atoms in total. The van der Waals surface area contributed by atoms with Crippen molar-refractivity contribution in [3.05, 3.63) is 65.6 Å². The first kappa shape index (κ1) is 23.1. The van der Waals surface area contributed by atoms with E-state index in [0.717, 1.165) is 16.8 Å². The van der Waals surface area contributed by atoms with E-state index in [4.69, 9.17) is 14.2 Å². The fourth-order valence-electron chi connectivity index (χ4n) is 2.72. The number of pyridine rings is 1. The summed E-state index contributed by atoms with van der Waals surface area (Å²) in [5.41, 5.74) is -0.0193. The lowest BCUT2D eigenvalue weighted by molar-refractivity contribution is -0.137. The van der Waals surface area contributed by atoms with Crippen molar-refractivity contribution in [2.75, 3.05) is 27.4 Å². The van der Waals surface area contributed by atoms with E-state index < -0.39 is 17.6 Å². The van der Waals surface area contributed by atoms with Gasteiger partial charge in [0.15, 0.2) is 11.4 Å². The van der Waals surface area contributed by atoms with E-state index in [-0.39, 0.29) is 23.7 Å². The fourth-order valence-corrected chi connectivity index (χ4v) is 2.72. The largest absolute Gasteiger partial charge is 0.493 e. The third-order valence-corrected chi connectivity index (χ3v) is 4.34. The molecule has 0 radical (unpaired) electrons. The van der Waals surface area contributed by atoms with Crippen molar-refractivity contribution in [3.63, 3.8) is 0 Å². The number of alkyl halides is 3. The van der Waals surface area contributed by atoms with Gasteiger partial charge < -0.3 is 19.5 Å². The van der Waals surface area contributed by atoms with Gasteiger partial charge in [-0.05, 0) is 23.8 Å². The van der Waals surface area contributed by atoms with Gasteiger partial charge in [-0.3, -0.25) is 4.79 Å². The van der Waals surface area contributed by atoms with Gasteiger partial charge in [0.1, 0.15) is 6.61 Å². The van der Waals surface area contributed by atoms with E-state index in [1.165, 1.54) is 25.4 Å². The molecule has 170 valence electrons. The van der Waals surface area contributed by atoms with Crippen molar-refractivity contribution < 1.29 is 32.2 Å². The fraction of sp³-hybridized carbons (Fsp3) is 0.286. The predicted octanol–water partition coefficient (Wildman–Crippen LogP) is 3.25. The smallest absolute Gasteiger partial charge is 0.416 e. The molecular weight excluding hydrogens is 429 g/mol. The predicted molar refractivity (Wildman–Crippen MR) is 108 cm³/mol. The van der Waals surface area contributed by atoms with Crippen molar-refractivity contribution >= 4 is 5.91 Å². The summed E-state index contributed by atoms with van der Waals surface area (Å²) in [6.07, 6.45) is -1.59. The van der Waals surface area contributed by atoms with E-state index in [1.807, 2.05) is 0 Å². The van der Waals surface area contributed by atoms with Gasteiger partial charge in [0.25, 0.3) is 5.91 Å². The number of ether oxygens (including phenoxy) is 3. The molecule has 0 fully saturated rings. The van der Waals surface area contributed by atoms with Crippen LogP contribution in [0.3, 0.4) is 0 Å². The second-order valence-corrected chi connectivity index (χ2v) is 6.57. The second kappa shape index (κ2) is 10.1. The number of hydrogen-bond acceptors (Lipinski definition) is 6. The molecule has 0 atom stereocenters. The van der Waals surface area contributed by atoms with E-state index >= 15 is 0 Å². The Morgan fingerprint density at radius 2 is 1.97 bits per heavy atom. The van der Waals surface area contributed by atoms with Gasteiger partial charge in [-0.2, -0.15) is 18.3 Å². The highest BCUT2D eigenvalue weighted by Gasteiger charge is 2.30. The number of nitrogens with one attached hydrogen (secondary N) is 1. The Labute approximate surface area is 181 Å². The number of aromatic nitrogens is 3. The molecule has 0 aliphatic rings. The third-order valence-electron chi connectivity index (χ3n) is 4.34. The Hall–Kier alpha value is -3.60. The number of nitrogens with zero attached hydrogens (tertiary/aromatic N) is 3. The number of hydrogen-bond donors (Lipinski definition) is 1. The average molecular weight is 450 g/mol. The van der Waals surface area contributed by atoms with Crippen molar-refractivity contribution in [1.82, 2.24) is 20.1 Å². The van der Waals surface area contributed by atoms with Crippen LogP contribution in [-0.4, -0.2) is 48.1 Å². The van der Waals surface area contributed by atoms with Crippen LogP contribution in [0.5, 0.6) is 11.6 Å². The summed E-state index contributed by atoms with van der Waals surface area (Å²) in [7, 11) is 2.91. The minimum atomic E-state index is -4.49. The zero-order valence-electron chi connectivity index (χ0n) is 17.3. The van der Waals surface area contributed by atoms with Gasteiger partial charge in [-0.15, -0.1) is 0 Å². The van der Waals surface area contributed by atoms with Gasteiger partial charge >= 0.3 is 6.18 Å². The number of halogens is 3. The number of rotatable bonds is 9. The van der Waals surface area contributed by atoms with Crippen molar-refractivity contribution in [1.29, 1.82) is 0 Å². The van der Waals surface area contributed by atoms with Gasteiger partial charge in [0.05, 0.1) is 31.2 Å². The van der Waals surface area contributed by atoms with Crippen LogP contribution < -0.4 is 14.8 Å². The van der Waals surface area contributed by atoms with Crippen LogP contribution >= 0.6 is 0 Å². The molecule has 0 aliphatic heterocycles. The van der Waals surface area contributed by atoms with Crippen LogP contribution in [0.15, 0.2) is 48.8 Å². The number of methoxy groups -OCH3 is 2. The van der Waals surface area contributed by atoms with Gasteiger partial charge in [-0.1, -0.05) is 12.1 Å². The molecule has 3 rings (SSSR count). The topological polar surface area (TPSA) is 87.5 Å². The molecule has 2 aromatic heterocycles. The highest BCUT2D eigenvalue weighted by Crippen LogP contribution is 2.30. The first-order valence-electron chi connectivity index (χ1n) is 9.48. The lowest BCUT2D eigenvalue weighted by Gasteiger charge is -2.08. The summed E-state index contributed by atoms with van der Waals surface area (Å²) in [6.45, 7) is 0.964. The second-order valence-electron chi connectivity index (χ2n) is 6.57. The number of benzene rings is 1. The van der Waals surface area contributed by atoms with Crippen molar-refractivity contribution in [2.45, 2.75) is 12.7 Å². The minimum Gasteiger partial charge on any atom is -0.493 e. The monoisotopic (exact) mass is 450 g/mol. The SMILES string of the molecule is COCCOc1ccc(CNC(=O)c2nn(-c3cccc(C(F)(F)F)c3)cc2OC)cn1. The molecular formula is C21H21F3N4O4. The molecule has 0 saturated heterocycles. The Kier molecular flexibility index (Phi) is 7.31. The quantitative estimate of drug-likeness (QED) is 0.504. The zero-order chi connectivity index (χ0) is 23.1. The average Bonchev–Trinajstić information content (AvgIpc) is 3.23. The van der Waals surface area contributed by atoms with E-state index in [0.29, 0.717) is 24.7 Å². The molecule has 1 N–H and O–H groups in total. The summed E-state index contributed by atoms with van der Waals surface area (Å²) in [6, 6.07) is 8.02. The van der Waals surface area contributed by atoms with Gasteiger partial charge in [0.2, 0.25) is 5.88 Å². The first-order chi connectivity index (χ1) is 15.3. The third kappa shape index (κ3) is 5.76. The number of amides is 1. The standard InChI is InChI=1S/C21H21F3N4O4/c1-30-8-9-32-18-7-6-14(11-25-18)12-26-20(29)19-17(31-2)13-28(27-19)16-5-3-4-15(10-16)21(22,23)24/h3-7,10-11,13H,8-9,12H2,1-2H3,(H,26,29). The first-order valence-corrected chi connectivity index (χ1v) is 9.48. The summed E-state index contributed by atoms with van der Waals surface area (Å²) < 4.78 is 55.6.